The van der Waals surface area contributed by atoms with Crippen LogP contribution >= 0.6 is 0 Å². The minimum atomic E-state index is 0.0556. The molecular formula is C21H17N5O. The predicted octanol–water partition coefficient (Wildman–Crippen LogP) is 5.14. The van der Waals surface area contributed by atoms with Gasteiger partial charge in [-0.05, 0) is 30.3 Å². The SMILES string of the molecule is Cn1c(O)c(N=NC(=Nc2ccccc2)c2ccccn2)c2ccccc21. The molecule has 0 amide bonds. The van der Waals surface area contributed by atoms with Gasteiger partial charge < -0.3 is 9.67 Å². The van der Waals surface area contributed by atoms with Crippen LogP contribution < -0.4 is 0 Å². The van der Waals surface area contributed by atoms with E-state index in [9.17, 15) is 5.11 Å². The number of rotatable bonds is 3. The van der Waals surface area contributed by atoms with E-state index < -0.39 is 0 Å². The molecule has 132 valence electrons. The number of azo groups is 1. The number of fused-ring (bicyclic) bond motifs is 1. The summed E-state index contributed by atoms with van der Waals surface area (Å²) in [4.78, 5) is 8.89. The number of amidine groups is 1. The number of pyridine rings is 1. The molecule has 0 fully saturated rings. The predicted molar refractivity (Wildman–Crippen MR) is 106 cm³/mol. The van der Waals surface area contributed by atoms with Gasteiger partial charge in [-0.15, -0.1) is 10.2 Å². The molecule has 6 nitrogen and oxygen atoms in total. The van der Waals surface area contributed by atoms with E-state index in [0.29, 0.717) is 17.2 Å². The fourth-order valence-electron chi connectivity index (χ4n) is 2.81. The molecule has 2 aromatic carbocycles. The molecule has 0 bridgehead atoms. The maximum Gasteiger partial charge on any atom is 0.220 e. The highest BCUT2D eigenvalue weighted by molar-refractivity contribution is 6.00. The molecule has 0 saturated heterocycles. The van der Waals surface area contributed by atoms with Crippen LogP contribution in [0.15, 0.2) is 94.2 Å². The minimum Gasteiger partial charge on any atom is -0.493 e. The lowest BCUT2D eigenvalue weighted by Crippen LogP contribution is -1.98. The minimum absolute atomic E-state index is 0.0556. The van der Waals surface area contributed by atoms with Crippen LogP contribution in [0.5, 0.6) is 5.88 Å². The zero-order chi connectivity index (χ0) is 18.6. The lowest BCUT2D eigenvalue weighted by Gasteiger charge is -2.00. The highest BCUT2D eigenvalue weighted by Crippen LogP contribution is 2.37. The molecule has 2 heterocycles. The largest absolute Gasteiger partial charge is 0.493 e. The number of aryl methyl sites for hydroxylation is 1. The fraction of sp³-hybridized carbons (Fsp3) is 0.0476. The summed E-state index contributed by atoms with van der Waals surface area (Å²) in [5, 5.41) is 19.9. The van der Waals surface area contributed by atoms with E-state index in [1.807, 2.05) is 72.8 Å². The van der Waals surface area contributed by atoms with Crippen molar-refractivity contribution in [2.24, 2.45) is 22.3 Å². The maximum atomic E-state index is 10.4. The number of aromatic nitrogens is 2. The zero-order valence-corrected chi connectivity index (χ0v) is 14.7. The van der Waals surface area contributed by atoms with Crippen molar-refractivity contribution in [3.05, 3.63) is 84.7 Å². The summed E-state index contributed by atoms with van der Waals surface area (Å²) in [5.41, 5.74) is 2.64. The summed E-state index contributed by atoms with van der Waals surface area (Å²) >= 11 is 0. The van der Waals surface area contributed by atoms with E-state index in [1.54, 1.807) is 17.8 Å². The molecule has 27 heavy (non-hydrogen) atoms. The lowest BCUT2D eigenvalue weighted by molar-refractivity contribution is 0.436. The third kappa shape index (κ3) is 3.32. The monoisotopic (exact) mass is 355 g/mol. The Kier molecular flexibility index (Phi) is 4.45. The second-order valence-corrected chi connectivity index (χ2v) is 5.93. The van der Waals surface area contributed by atoms with Crippen LogP contribution in [0.2, 0.25) is 0 Å². The van der Waals surface area contributed by atoms with Gasteiger partial charge >= 0.3 is 0 Å². The first kappa shape index (κ1) is 16.7. The Labute approximate surface area is 156 Å². The van der Waals surface area contributed by atoms with E-state index in [-0.39, 0.29) is 5.88 Å². The van der Waals surface area contributed by atoms with Crippen LogP contribution in [0.1, 0.15) is 5.69 Å². The van der Waals surface area contributed by atoms with Crippen molar-refractivity contribution in [3.8, 4) is 5.88 Å². The molecule has 0 atom stereocenters. The van der Waals surface area contributed by atoms with Crippen LogP contribution in [-0.2, 0) is 7.05 Å². The van der Waals surface area contributed by atoms with Gasteiger partial charge in [0.1, 0.15) is 5.69 Å². The van der Waals surface area contributed by atoms with E-state index in [0.717, 1.165) is 16.6 Å². The summed E-state index contributed by atoms with van der Waals surface area (Å²) in [5.74, 6) is 0.425. The zero-order valence-electron chi connectivity index (χ0n) is 14.7. The number of nitrogens with zero attached hydrogens (tertiary/aromatic N) is 5. The second kappa shape index (κ2) is 7.21. The normalized spacial score (nSPS) is 12.1. The topological polar surface area (TPSA) is 75.1 Å². The number of aliphatic imine (C=N–C) groups is 1. The summed E-state index contributed by atoms with van der Waals surface area (Å²) < 4.78 is 1.68. The molecule has 0 spiro atoms. The number of hydrogen-bond donors (Lipinski definition) is 1. The highest BCUT2D eigenvalue weighted by atomic mass is 16.3. The van der Waals surface area contributed by atoms with E-state index >= 15 is 0 Å². The number of aromatic hydroxyl groups is 1. The third-order valence-electron chi connectivity index (χ3n) is 4.18. The molecule has 6 heteroatoms. The van der Waals surface area contributed by atoms with Crippen molar-refractivity contribution in [1.82, 2.24) is 9.55 Å². The van der Waals surface area contributed by atoms with Gasteiger partial charge in [-0.1, -0.05) is 42.5 Å². The number of benzene rings is 2. The van der Waals surface area contributed by atoms with Gasteiger partial charge in [-0.2, -0.15) is 0 Å². The summed E-state index contributed by atoms with van der Waals surface area (Å²) in [7, 11) is 1.79. The van der Waals surface area contributed by atoms with Gasteiger partial charge in [-0.3, -0.25) is 4.98 Å². The van der Waals surface area contributed by atoms with Crippen LogP contribution in [0, 0.1) is 0 Å². The second-order valence-electron chi connectivity index (χ2n) is 5.93. The standard InChI is InChI=1S/C21H17N5O/c1-26-18-13-6-5-11-16(18)19(21(26)27)24-25-20(17-12-7-8-14-22-17)23-15-9-3-2-4-10-15/h2-14,27H,1H3. The molecule has 0 aliphatic heterocycles. The van der Waals surface area contributed by atoms with Gasteiger partial charge in [0.2, 0.25) is 11.7 Å². The van der Waals surface area contributed by atoms with Gasteiger partial charge in [-0.25, -0.2) is 4.99 Å². The van der Waals surface area contributed by atoms with Crippen LogP contribution in [0.4, 0.5) is 11.4 Å². The highest BCUT2D eigenvalue weighted by Gasteiger charge is 2.14. The Balaban J connectivity index is 1.81. The summed E-state index contributed by atoms with van der Waals surface area (Å²) in [6.07, 6.45) is 1.68. The van der Waals surface area contributed by atoms with Gasteiger partial charge in [0.05, 0.1) is 11.2 Å². The maximum absolute atomic E-state index is 10.4. The van der Waals surface area contributed by atoms with Crippen molar-refractivity contribution in [3.63, 3.8) is 0 Å². The lowest BCUT2D eigenvalue weighted by atomic mass is 10.2. The number of para-hydroxylation sites is 2. The molecule has 0 unspecified atom stereocenters. The molecule has 1 N–H and O–H groups in total. The van der Waals surface area contributed by atoms with Crippen molar-refractivity contribution in [2.45, 2.75) is 0 Å². The Morgan fingerprint density at radius 3 is 2.44 bits per heavy atom. The Morgan fingerprint density at radius 2 is 1.67 bits per heavy atom. The smallest absolute Gasteiger partial charge is 0.220 e. The molecule has 4 aromatic rings. The van der Waals surface area contributed by atoms with Gasteiger partial charge in [0.15, 0.2) is 5.69 Å². The van der Waals surface area contributed by atoms with Crippen molar-refractivity contribution < 1.29 is 5.11 Å². The first-order valence-electron chi connectivity index (χ1n) is 8.47. The van der Waals surface area contributed by atoms with Crippen LogP contribution in [0.3, 0.4) is 0 Å². The van der Waals surface area contributed by atoms with Gasteiger partial charge in [0, 0.05) is 18.6 Å². The molecule has 4 rings (SSSR count). The average molecular weight is 355 g/mol. The molecule has 0 saturated carbocycles. The first-order valence-corrected chi connectivity index (χ1v) is 8.47. The Bertz CT molecular complexity index is 1130. The molecule has 2 aromatic heterocycles. The molecule has 0 aliphatic rings. The third-order valence-corrected chi connectivity index (χ3v) is 4.18. The van der Waals surface area contributed by atoms with Crippen LogP contribution in [0.25, 0.3) is 10.9 Å². The molecular weight excluding hydrogens is 338 g/mol. The van der Waals surface area contributed by atoms with Crippen molar-refractivity contribution in [1.29, 1.82) is 0 Å². The average Bonchev–Trinajstić information content (AvgIpc) is 2.97. The van der Waals surface area contributed by atoms with Gasteiger partial charge in [0.25, 0.3) is 0 Å². The first-order chi connectivity index (χ1) is 13.2. The Hall–Kier alpha value is -3.80. The van der Waals surface area contributed by atoms with Crippen molar-refractivity contribution >= 4 is 28.1 Å². The number of hydrogen-bond acceptors (Lipinski definition) is 4. The molecule has 0 aliphatic carbocycles. The summed E-state index contributed by atoms with van der Waals surface area (Å²) in [6, 6.07) is 22.7. The van der Waals surface area contributed by atoms with Crippen molar-refractivity contribution in [2.75, 3.05) is 0 Å². The molecule has 0 radical (unpaired) electrons. The summed E-state index contributed by atoms with van der Waals surface area (Å²) in [6.45, 7) is 0. The van der Waals surface area contributed by atoms with Crippen LogP contribution in [-0.4, -0.2) is 20.5 Å². The fourth-order valence-corrected chi connectivity index (χ4v) is 2.81. The van der Waals surface area contributed by atoms with E-state index in [2.05, 4.69) is 20.2 Å². The quantitative estimate of drug-likeness (QED) is 0.314. The Morgan fingerprint density at radius 1 is 0.926 bits per heavy atom. The van der Waals surface area contributed by atoms with E-state index in [1.165, 1.54) is 0 Å². The van der Waals surface area contributed by atoms with E-state index in [4.69, 9.17) is 0 Å².